The molecule has 0 aromatic heterocycles. The van der Waals surface area contributed by atoms with Crippen LogP contribution in [0.2, 0.25) is 0 Å². The second-order valence-electron chi connectivity index (χ2n) is 9.61. The second kappa shape index (κ2) is 6.49. The lowest BCUT2D eigenvalue weighted by Gasteiger charge is -2.56. The van der Waals surface area contributed by atoms with Gasteiger partial charge in [-0.25, -0.2) is 0 Å². The average molecular weight is 363 g/mol. The molecular weight excluding hydrogens is 328 g/mol. The Labute approximate surface area is 157 Å². The van der Waals surface area contributed by atoms with Crippen molar-refractivity contribution in [2.24, 2.45) is 22.7 Å². The average Bonchev–Trinajstić information content (AvgIpc) is 2.48. The molecule has 0 spiro atoms. The molecule has 2 N–H and O–H groups in total. The summed E-state index contributed by atoms with van der Waals surface area (Å²) in [5.74, 6) is -0.410. The molecule has 0 aromatic carbocycles. The highest BCUT2D eigenvalue weighted by atomic mass is 16.5. The number of ether oxygens (including phenoxy) is 1. The minimum absolute atomic E-state index is 0.0632. The maximum absolute atomic E-state index is 11.5. The Bertz CT molecular complexity index is 647. The summed E-state index contributed by atoms with van der Waals surface area (Å²) < 4.78 is 5.50. The molecule has 26 heavy (non-hydrogen) atoms. The number of aliphatic hydroxyl groups is 2. The monoisotopic (exact) mass is 362 g/mol. The van der Waals surface area contributed by atoms with Gasteiger partial charge in [-0.05, 0) is 66.9 Å². The van der Waals surface area contributed by atoms with E-state index in [0.29, 0.717) is 12.8 Å². The van der Waals surface area contributed by atoms with Crippen molar-refractivity contribution in [2.75, 3.05) is 0 Å². The third-order valence-corrected chi connectivity index (χ3v) is 7.51. The van der Waals surface area contributed by atoms with Crippen molar-refractivity contribution in [3.63, 3.8) is 0 Å². The summed E-state index contributed by atoms with van der Waals surface area (Å²) in [6.07, 6.45) is 2.58. The SMILES string of the molecule is C=C1[C@@H](OC(C)=O)CC[C@@]2(C)C[C@H](O)C3=C(C)CC[C@@H]([C@@H](O)[C@H]12)C3(C)C. The Morgan fingerprint density at radius 2 is 1.88 bits per heavy atom. The number of aliphatic hydroxyl groups excluding tert-OH is 2. The zero-order valence-electron chi connectivity index (χ0n) is 16.8. The van der Waals surface area contributed by atoms with Gasteiger partial charge in [0.25, 0.3) is 0 Å². The van der Waals surface area contributed by atoms with Crippen molar-refractivity contribution in [1.29, 1.82) is 0 Å². The highest BCUT2D eigenvalue weighted by molar-refractivity contribution is 5.66. The van der Waals surface area contributed by atoms with Crippen molar-refractivity contribution in [2.45, 2.75) is 85.0 Å². The summed E-state index contributed by atoms with van der Waals surface area (Å²) in [6.45, 7) is 14.3. The molecule has 0 amide bonds. The Morgan fingerprint density at radius 1 is 1.23 bits per heavy atom. The number of allylic oxidation sites excluding steroid dienone is 1. The van der Waals surface area contributed by atoms with Gasteiger partial charge >= 0.3 is 5.97 Å². The molecule has 0 radical (unpaired) electrons. The lowest BCUT2D eigenvalue weighted by molar-refractivity contribution is -0.150. The molecule has 146 valence electrons. The molecule has 0 heterocycles. The first-order valence-electron chi connectivity index (χ1n) is 9.91. The molecule has 0 unspecified atom stereocenters. The summed E-state index contributed by atoms with van der Waals surface area (Å²) in [5.41, 5.74) is 2.72. The lowest BCUT2D eigenvalue weighted by Crippen LogP contribution is -2.55. The minimum atomic E-state index is -0.545. The van der Waals surface area contributed by atoms with Crippen LogP contribution in [0, 0.1) is 22.7 Å². The number of rotatable bonds is 1. The van der Waals surface area contributed by atoms with Crippen molar-refractivity contribution < 1.29 is 19.7 Å². The molecule has 3 aliphatic carbocycles. The van der Waals surface area contributed by atoms with E-state index in [1.54, 1.807) is 0 Å². The number of fused-ring (bicyclic) bond motifs is 3. The lowest BCUT2D eigenvalue weighted by atomic mass is 9.50. The van der Waals surface area contributed by atoms with E-state index < -0.39 is 12.2 Å². The number of carbonyl (C=O) groups is 1. The van der Waals surface area contributed by atoms with Crippen molar-refractivity contribution in [3.05, 3.63) is 23.3 Å². The smallest absolute Gasteiger partial charge is 0.303 e. The van der Waals surface area contributed by atoms with Crippen LogP contribution in [0.1, 0.15) is 66.7 Å². The van der Waals surface area contributed by atoms with E-state index in [2.05, 4.69) is 34.3 Å². The summed E-state index contributed by atoms with van der Waals surface area (Å²) in [6, 6.07) is 0. The maximum Gasteiger partial charge on any atom is 0.303 e. The molecular formula is C22H34O4. The van der Waals surface area contributed by atoms with Gasteiger partial charge in [0.05, 0.1) is 12.2 Å². The Kier molecular flexibility index (Phi) is 4.90. The zero-order chi connectivity index (χ0) is 19.4. The zero-order valence-corrected chi connectivity index (χ0v) is 16.8. The van der Waals surface area contributed by atoms with Crippen molar-refractivity contribution in [1.82, 2.24) is 0 Å². The third-order valence-electron chi connectivity index (χ3n) is 7.51. The van der Waals surface area contributed by atoms with E-state index in [-0.39, 0.29) is 34.7 Å². The van der Waals surface area contributed by atoms with Crippen LogP contribution in [0.25, 0.3) is 0 Å². The molecule has 0 aliphatic heterocycles. The van der Waals surface area contributed by atoms with Crippen LogP contribution in [0.3, 0.4) is 0 Å². The highest BCUT2D eigenvalue weighted by Crippen LogP contribution is 2.58. The topological polar surface area (TPSA) is 66.8 Å². The largest absolute Gasteiger partial charge is 0.458 e. The number of hydrogen-bond donors (Lipinski definition) is 2. The van der Waals surface area contributed by atoms with E-state index in [1.807, 2.05) is 0 Å². The predicted octanol–water partition coefficient (Wildman–Crippen LogP) is 3.77. The molecule has 0 saturated heterocycles. The predicted molar refractivity (Wildman–Crippen MR) is 101 cm³/mol. The van der Waals surface area contributed by atoms with Crippen molar-refractivity contribution >= 4 is 5.97 Å². The van der Waals surface area contributed by atoms with Gasteiger partial charge in [-0.3, -0.25) is 4.79 Å². The first kappa shape index (κ1) is 19.6. The van der Waals surface area contributed by atoms with Gasteiger partial charge in [-0.1, -0.05) is 32.9 Å². The second-order valence-corrected chi connectivity index (χ2v) is 9.61. The first-order valence-corrected chi connectivity index (χ1v) is 9.91. The van der Waals surface area contributed by atoms with Crippen LogP contribution in [-0.4, -0.2) is 34.5 Å². The fourth-order valence-corrected chi connectivity index (χ4v) is 6.35. The molecule has 6 atom stereocenters. The molecule has 2 fully saturated rings. The van der Waals surface area contributed by atoms with E-state index in [4.69, 9.17) is 4.74 Å². The molecule has 0 aromatic rings. The van der Waals surface area contributed by atoms with Gasteiger partial charge in [-0.15, -0.1) is 0 Å². The van der Waals surface area contributed by atoms with E-state index in [9.17, 15) is 15.0 Å². The van der Waals surface area contributed by atoms with Gasteiger partial charge in [0.2, 0.25) is 0 Å². The van der Waals surface area contributed by atoms with Crippen LogP contribution in [0.5, 0.6) is 0 Å². The molecule has 3 aliphatic rings. The fraction of sp³-hybridized carbons (Fsp3) is 0.773. The quantitative estimate of drug-likeness (QED) is 0.550. The van der Waals surface area contributed by atoms with Crippen LogP contribution < -0.4 is 0 Å². The Hall–Kier alpha value is -1.13. The minimum Gasteiger partial charge on any atom is -0.458 e. The Morgan fingerprint density at radius 3 is 2.50 bits per heavy atom. The molecule has 3 rings (SSSR count). The van der Waals surface area contributed by atoms with E-state index in [1.165, 1.54) is 12.5 Å². The summed E-state index contributed by atoms with van der Waals surface area (Å²) in [4.78, 5) is 11.5. The molecule has 2 saturated carbocycles. The van der Waals surface area contributed by atoms with Crippen LogP contribution in [-0.2, 0) is 9.53 Å². The fourth-order valence-electron chi connectivity index (χ4n) is 6.35. The number of hydrogen-bond acceptors (Lipinski definition) is 4. The van der Waals surface area contributed by atoms with Gasteiger partial charge < -0.3 is 14.9 Å². The number of carbonyl (C=O) groups excluding carboxylic acids is 1. The van der Waals surface area contributed by atoms with Gasteiger partial charge in [-0.2, -0.15) is 0 Å². The molecule has 2 bridgehead atoms. The first-order chi connectivity index (χ1) is 12.0. The Balaban J connectivity index is 2.05. The van der Waals surface area contributed by atoms with Crippen LogP contribution >= 0.6 is 0 Å². The van der Waals surface area contributed by atoms with E-state index >= 15 is 0 Å². The molecule has 4 nitrogen and oxygen atoms in total. The number of esters is 1. The van der Waals surface area contributed by atoms with Gasteiger partial charge in [0, 0.05) is 12.8 Å². The van der Waals surface area contributed by atoms with Crippen molar-refractivity contribution in [3.8, 4) is 0 Å². The summed E-state index contributed by atoms with van der Waals surface area (Å²) in [7, 11) is 0. The van der Waals surface area contributed by atoms with Gasteiger partial charge in [0.1, 0.15) is 6.10 Å². The third kappa shape index (κ3) is 2.95. The maximum atomic E-state index is 11.5. The van der Waals surface area contributed by atoms with Gasteiger partial charge in [0.15, 0.2) is 0 Å². The highest BCUT2D eigenvalue weighted by Gasteiger charge is 2.56. The van der Waals surface area contributed by atoms with E-state index in [0.717, 1.165) is 30.4 Å². The van der Waals surface area contributed by atoms with Crippen LogP contribution in [0.15, 0.2) is 23.3 Å². The summed E-state index contributed by atoms with van der Waals surface area (Å²) >= 11 is 0. The standard InChI is InChI=1S/C22H34O4/c1-12-7-8-15-20(25)19-13(2)17(26-14(3)23)9-10-22(19,6)11-16(24)18(12)21(15,4)5/h15-17,19-20,24-25H,2,7-11H2,1,3-6H3/t15-,16-,17-,19-,20+,22-/m0/s1. The van der Waals surface area contributed by atoms with Crippen LogP contribution in [0.4, 0.5) is 0 Å². The molecule has 4 heteroatoms. The normalized spacial score (nSPS) is 42.6. The summed E-state index contributed by atoms with van der Waals surface area (Å²) in [5, 5.41) is 22.7.